The minimum atomic E-state index is -3.09. The van der Waals surface area contributed by atoms with Crippen LogP contribution in [0.4, 0.5) is 4.39 Å². The lowest BCUT2D eigenvalue weighted by molar-refractivity contribution is 0.0932. The van der Waals surface area contributed by atoms with Gasteiger partial charge in [-0.2, -0.15) is 0 Å². The summed E-state index contributed by atoms with van der Waals surface area (Å²) in [5, 5.41) is 2.77. The number of carbonyl (C=O) groups excluding carboxylic acids is 1. The van der Waals surface area contributed by atoms with Crippen LogP contribution >= 0.6 is 0 Å². The van der Waals surface area contributed by atoms with E-state index in [1.165, 1.54) is 12.3 Å². The minimum Gasteiger partial charge on any atom is -0.463 e. The van der Waals surface area contributed by atoms with Crippen molar-refractivity contribution >= 4 is 26.8 Å². The second kappa shape index (κ2) is 6.28. The lowest BCUT2D eigenvalue weighted by atomic mass is 10.2. The molecule has 3 aromatic rings. The summed E-state index contributed by atoms with van der Waals surface area (Å²) in [5.74, 6) is -0.722. The van der Waals surface area contributed by atoms with E-state index in [-0.39, 0.29) is 23.9 Å². The number of hydrogen-bond acceptors (Lipinski definition) is 4. The van der Waals surface area contributed by atoms with Crippen molar-refractivity contribution in [3.05, 3.63) is 59.7 Å². The third-order valence-electron chi connectivity index (χ3n) is 4.61. The maximum Gasteiger partial charge on any atom is 0.268 e. The van der Waals surface area contributed by atoms with E-state index < -0.39 is 21.8 Å². The van der Waals surface area contributed by atoms with Crippen LogP contribution in [0, 0.1) is 5.82 Å². The Labute approximate surface area is 149 Å². The molecule has 0 bridgehead atoms. The van der Waals surface area contributed by atoms with Crippen LogP contribution in [0.15, 0.2) is 47.1 Å². The predicted molar refractivity (Wildman–Crippen MR) is 94.2 cm³/mol. The summed E-state index contributed by atoms with van der Waals surface area (Å²) in [6, 6.07) is 9.27. The maximum absolute atomic E-state index is 14.0. The average Bonchev–Trinajstić information content (AvgIpc) is 3.25. The van der Waals surface area contributed by atoms with Gasteiger partial charge >= 0.3 is 0 Å². The van der Waals surface area contributed by atoms with Gasteiger partial charge in [-0.15, -0.1) is 0 Å². The monoisotopic (exact) mass is 376 g/mol. The van der Waals surface area contributed by atoms with Gasteiger partial charge in [0.1, 0.15) is 11.5 Å². The molecule has 26 heavy (non-hydrogen) atoms. The molecule has 1 aliphatic heterocycles. The second-order valence-corrected chi connectivity index (χ2v) is 8.68. The summed E-state index contributed by atoms with van der Waals surface area (Å²) >= 11 is 0. The van der Waals surface area contributed by atoms with Gasteiger partial charge < -0.3 is 14.3 Å². The number of benzene rings is 1. The summed E-state index contributed by atoms with van der Waals surface area (Å²) in [6.07, 6.45) is 1.91. The first-order chi connectivity index (χ1) is 12.4. The molecule has 1 saturated heterocycles. The van der Waals surface area contributed by atoms with Crippen LogP contribution in [-0.4, -0.2) is 36.4 Å². The molecular weight excluding hydrogens is 359 g/mol. The maximum atomic E-state index is 14.0. The Morgan fingerprint density at radius 3 is 2.85 bits per heavy atom. The summed E-state index contributed by atoms with van der Waals surface area (Å²) in [6.45, 7) is 0.168. The van der Waals surface area contributed by atoms with Crippen LogP contribution in [0.25, 0.3) is 11.1 Å². The zero-order valence-corrected chi connectivity index (χ0v) is 14.6. The third kappa shape index (κ3) is 3.12. The van der Waals surface area contributed by atoms with Crippen LogP contribution in [0.1, 0.15) is 22.5 Å². The quantitative estimate of drug-likeness (QED) is 0.758. The second-order valence-electron chi connectivity index (χ2n) is 6.45. The van der Waals surface area contributed by atoms with Crippen molar-refractivity contribution in [1.29, 1.82) is 0 Å². The van der Waals surface area contributed by atoms with E-state index >= 15 is 0 Å². The molecule has 1 atom stereocenters. The van der Waals surface area contributed by atoms with E-state index in [0.29, 0.717) is 28.8 Å². The molecule has 4 rings (SSSR count). The lowest BCUT2D eigenvalue weighted by Crippen LogP contribution is -2.36. The van der Waals surface area contributed by atoms with Crippen molar-refractivity contribution in [1.82, 2.24) is 9.88 Å². The van der Waals surface area contributed by atoms with Crippen molar-refractivity contribution in [2.24, 2.45) is 0 Å². The van der Waals surface area contributed by atoms with Crippen LogP contribution in [0.3, 0.4) is 0 Å². The van der Waals surface area contributed by atoms with E-state index in [1.807, 2.05) is 0 Å². The molecule has 1 N–H and O–H groups in total. The zero-order valence-electron chi connectivity index (χ0n) is 13.8. The fraction of sp³-hybridized carbons (Fsp3) is 0.278. The van der Waals surface area contributed by atoms with Gasteiger partial charge in [0.05, 0.1) is 29.8 Å². The van der Waals surface area contributed by atoms with E-state index in [1.54, 1.807) is 34.9 Å². The van der Waals surface area contributed by atoms with Gasteiger partial charge in [-0.25, -0.2) is 12.8 Å². The van der Waals surface area contributed by atoms with E-state index in [9.17, 15) is 17.6 Å². The van der Waals surface area contributed by atoms with Gasteiger partial charge in [-0.3, -0.25) is 4.79 Å². The highest BCUT2D eigenvalue weighted by Gasteiger charge is 2.30. The molecular formula is C18H17FN2O4S. The summed E-state index contributed by atoms with van der Waals surface area (Å²) in [4.78, 5) is 12.7. The number of fused-ring (bicyclic) bond motifs is 1. The molecule has 1 amide bonds. The predicted octanol–water partition coefficient (Wildman–Crippen LogP) is 2.34. The molecule has 1 fully saturated rings. The lowest BCUT2D eigenvalue weighted by Gasteiger charge is -2.14. The number of amides is 1. The Bertz CT molecular complexity index is 1080. The Morgan fingerprint density at radius 1 is 1.31 bits per heavy atom. The molecule has 8 heteroatoms. The topological polar surface area (TPSA) is 81.3 Å². The van der Waals surface area contributed by atoms with Crippen LogP contribution in [0.2, 0.25) is 0 Å². The van der Waals surface area contributed by atoms with Gasteiger partial charge in [0.25, 0.3) is 5.91 Å². The Morgan fingerprint density at radius 2 is 2.12 bits per heavy atom. The first kappa shape index (κ1) is 16.8. The number of rotatable bonds is 4. The SMILES string of the molecule is O=C(N[C@@H]1CCS(=O)(=O)C1)c1cc2occc2n1Cc1ccccc1F. The fourth-order valence-electron chi connectivity index (χ4n) is 3.30. The average molecular weight is 376 g/mol. The third-order valence-corrected chi connectivity index (χ3v) is 6.38. The first-order valence-corrected chi connectivity index (χ1v) is 10.1. The zero-order chi connectivity index (χ0) is 18.3. The summed E-state index contributed by atoms with van der Waals surface area (Å²) in [7, 11) is -3.09. The molecule has 0 radical (unpaired) electrons. The normalized spacial score (nSPS) is 19.0. The molecule has 0 saturated carbocycles. The summed E-state index contributed by atoms with van der Waals surface area (Å²) < 4.78 is 44.3. The van der Waals surface area contributed by atoms with Crippen molar-refractivity contribution in [2.45, 2.75) is 19.0 Å². The molecule has 0 aliphatic carbocycles. The number of sulfone groups is 1. The highest BCUT2D eigenvalue weighted by atomic mass is 32.2. The number of hydrogen-bond donors (Lipinski definition) is 1. The van der Waals surface area contributed by atoms with Gasteiger partial charge in [0.2, 0.25) is 0 Å². The molecule has 136 valence electrons. The molecule has 3 heterocycles. The molecule has 2 aromatic heterocycles. The molecule has 1 aliphatic rings. The first-order valence-electron chi connectivity index (χ1n) is 8.24. The highest BCUT2D eigenvalue weighted by Crippen LogP contribution is 2.24. The largest absolute Gasteiger partial charge is 0.463 e. The van der Waals surface area contributed by atoms with E-state index in [4.69, 9.17) is 4.42 Å². The number of aromatic nitrogens is 1. The molecule has 1 aromatic carbocycles. The van der Waals surface area contributed by atoms with Crippen LogP contribution in [-0.2, 0) is 16.4 Å². The van der Waals surface area contributed by atoms with Crippen LogP contribution < -0.4 is 5.32 Å². The van der Waals surface area contributed by atoms with Crippen molar-refractivity contribution in [2.75, 3.05) is 11.5 Å². The molecule has 0 spiro atoms. The van der Waals surface area contributed by atoms with Gasteiger partial charge in [0, 0.05) is 23.7 Å². The van der Waals surface area contributed by atoms with Gasteiger partial charge in [-0.05, 0) is 12.5 Å². The number of halogens is 1. The number of nitrogens with one attached hydrogen (secondary N) is 1. The fourth-order valence-corrected chi connectivity index (χ4v) is 4.97. The Balaban J connectivity index is 1.66. The van der Waals surface area contributed by atoms with E-state index in [0.717, 1.165) is 0 Å². The van der Waals surface area contributed by atoms with Gasteiger partial charge in [-0.1, -0.05) is 18.2 Å². The Hall–Kier alpha value is -2.61. The molecule has 6 nitrogen and oxygen atoms in total. The van der Waals surface area contributed by atoms with Crippen molar-refractivity contribution in [3.63, 3.8) is 0 Å². The standard InChI is InChI=1S/C18H17FN2O4S/c19-14-4-2-1-3-12(14)10-21-15-5-7-25-17(15)9-16(21)18(22)20-13-6-8-26(23,24)11-13/h1-5,7,9,13H,6,8,10-11H2,(H,20,22)/t13-/m1/s1. The highest BCUT2D eigenvalue weighted by molar-refractivity contribution is 7.91. The van der Waals surface area contributed by atoms with Crippen LogP contribution in [0.5, 0.6) is 0 Å². The van der Waals surface area contributed by atoms with Crippen molar-refractivity contribution in [3.8, 4) is 0 Å². The minimum absolute atomic E-state index is 0.0527. The van der Waals surface area contributed by atoms with Gasteiger partial charge in [0.15, 0.2) is 15.4 Å². The number of furan rings is 1. The number of nitrogens with zero attached hydrogens (tertiary/aromatic N) is 1. The van der Waals surface area contributed by atoms with E-state index in [2.05, 4.69) is 5.32 Å². The van der Waals surface area contributed by atoms with Crippen molar-refractivity contribution < 1.29 is 22.0 Å². The molecule has 0 unspecified atom stereocenters. The number of carbonyl (C=O) groups is 1. The Kier molecular flexibility index (Phi) is 4.07. The summed E-state index contributed by atoms with van der Waals surface area (Å²) in [5.41, 5.74) is 1.96. The smallest absolute Gasteiger partial charge is 0.268 e.